The Hall–Kier alpha value is -6.25. The molecule has 4 aliphatic heterocycles. The Morgan fingerprint density at radius 2 is 1.26 bits per heavy atom. The number of aromatic amines is 1. The van der Waals surface area contributed by atoms with Crippen molar-refractivity contribution in [3.8, 4) is 0 Å². The minimum atomic E-state index is -0.220. The van der Waals surface area contributed by atoms with Crippen molar-refractivity contribution >= 4 is 28.1 Å². The van der Waals surface area contributed by atoms with Crippen molar-refractivity contribution in [1.29, 1.82) is 0 Å². The summed E-state index contributed by atoms with van der Waals surface area (Å²) in [5.41, 5.74) is 16.0. The lowest BCUT2D eigenvalue weighted by Gasteiger charge is -2.21. The Labute approximate surface area is 291 Å². The summed E-state index contributed by atoms with van der Waals surface area (Å²) in [5.74, 6) is 0. The number of aliphatic imine (C=N–C) groups is 2. The van der Waals surface area contributed by atoms with Gasteiger partial charge >= 0.3 is 0 Å². The zero-order valence-corrected chi connectivity index (χ0v) is 28.1. The molecule has 2 unspecified atom stereocenters. The van der Waals surface area contributed by atoms with Gasteiger partial charge < -0.3 is 10.7 Å². The van der Waals surface area contributed by atoms with Crippen LogP contribution in [0.4, 0.5) is 0 Å². The molecule has 0 fully saturated rings. The number of fused-ring (bicyclic) bond motifs is 6. The highest BCUT2D eigenvalue weighted by atomic mass is 15.0. The predicted octanol–water partition coefficient (Wildman–Crippen LogP) is 5.64. The lowest BCUT2D eigenvalue weighted by atomic mass is 10.0. The third-order valence-corrected chi connectivity index (χ3v) is 8.65. The first kappa shape index (κ1) is 32.3. The lowest BCUT2D eigenvalue weighted by molar-refractivity contribution is 0.685. The smallest absolute Gasteiger partial charge is 0.0752 e. The van der Waals surface area contributed by atoms with Crippen LogP contribution < -0.4 is 21.7 Å². The first-order valence-electron chi connectivity index (χ1n) is 16.8. The minimum absolute atomic E-state index is 0.185. The van der Waals surface area contributed by atoms with E-state index in [1.54, 1.807) is 18.6 Å². The molecule has 2 atom stereocenters. The normalized spacial score (nSPS) is 24.3. The Morgan fingerprint density at radius 1 is 0.720 bits per heavy atom. The summed E-state index contributed by atoms with van der Waals surface area (Å²) in [5, 5.41) is 5.49. The molecule has 0 spiro atoms. The van der Waals surface area contributed by atoms with Crippen LogP contribution in [0.15, 0.2) is 173 Å². The zero-order valence-electron chi connectivity index (χ0n) is 28.1. The van der Waals surface area contributed by atoms with Crippen molar-refractivity contribution in [2.45, 2.75) is 32.4 Å². The summed E-state index contributed by atoms with van der Waals surface area (Å²) < 4.78 is 0. The Balaban J connectivity index is 0.000000734. The van der Waals surface area contributed by atoms with Gasteiger partial charge in [0.25, 0.3) is 0 Å². The van der Waals surface area contributed by atoms with Crippen LogP contribution in [0.1, 0.15) is 37.4 Å². The predicted molar refractivity (Wildman–Crippen MR) is 203 cm³/mol. The maximum absolute atomic E-state index is 6.45. The molecular formula is C42H38N8. The van der Waals surface area contributed by atoms with Crippen LogP contribution in [0.3, 0.4) is 0 Å². The Morgan fingerprint density at radius 3 is 1.76 bits per heavy atom. The van der Waals surface area contributed by atoms with E-state index in [0.29, 0.717) is 5.70 Å². The molecule has 4 aliphatic rings. The number of aromatic nitrogens is 4. The van der Waals surface area contributed by atoms with Gasteiger partial charge in [-0.1, -0.05) is 56.0 Å². The van der Waals surface area contributed by atoms with Gasteiger partial charge in [0.1, 0.15) is 0 Å². The molecule has 4 aromatic rings. The highest BCUT2D eigenvalue weighted by molar-refractivity contribution is 6.31. The fraction of sp³-hybridized carbons (Fsp3) is 0.119. The summed E-state index contributed by atoms with van der Waals surface area (Å²) in [6.07, 6.45) is 23.1. The fourth-order valence-corrected chi connectivity index (χ4v) is 6.44. The zero-order chi connectivity index (χ0) is 34.5. The standard InChI is InChI=1S/C37H28N8.C5H10/c1-22(38)34-26-11-13-28(42-26)35(23-8-2-5-19-39-23)30-15-17-32(44-30)37(25-10-4-7-21-41-25)33-18-16-31(45-33)36(24-9-3-6-20-40-24)29-14-12-27(34)43-29;1-3-5-4-2/h2-21,26,28,42,45H,1,38H2;3,5H,4H2,1-2H3/b34-27-,35-30-,36-31-,37-33-;5-3-. The van der Waals surface area contributed by atoms with Gasteiger partial charge in [-0.25, -0.2) is 9.98 Å². The molecule has 0 amide bonds. The van der Waals surface area contributed by atoms with Crippen molar-refractivity contribution in [3.63, 3.8) is 0 Å². The number of nitrogens with one attached hydrogen (secondary N) is 2. The van der Waals surface area contributed by atoms with Gasteiger partial charge in [-0.2, -0.15) is 0 Å². The number of pyridine rings is 3. The monoisotopic (exact) mass is 654 g/mol. The maximum atomic E-state index is 6.45. The fourth-order valence-electron chi connectivity index (χ4n) is 6.44. The first-order valence-corrected chi connectivity index (χ1v) is 16.8. The summed E-state index contributed by atoms with van der Waals surface area (Å²) in [6, 6.07) is 21.4. The SMILES string of the molecule is C/C=C\CC.C=C(N)/C1=C2\C=CC(=N2)/C(c2ccccn2)=c2/cc/c([nH]2)=C(\c2ccccn2)C2=N/C(=C(/c3ccccn3)C3C=CC1N3)C=C2. The third kappa shape index (κ3) is 6.44. The molecule has 8 heteroatoms. The maximum Gasteiger partial charge on any atom is 0.0752 e. The first-order chi connectivity index (χ1) is 24.6. The lowest BCUT2D eigenvalue weighted by Crippen LogP contribution is -2.35. The van der Waals surface area contributed by atoms with Crippen molar-refractivity contribution < 1.29 is 0 Å². The number of nitrogens with zero attached hydrogens (tertiary/aromatic N) is 5. The quantitative estimate of drug-likeness (QED) is 0.241. The minimum Gasteiger partial charge on any atom is -0.399 e. The molecule has 0 aromatic carbocycles. The van der Waals surface area contributed by atoms with Crippen LogP contribution in [-0.4, -0.2) is 43.4 Å². The van der Waals surface area contributed by atoms with E-state index in [1.807, 2.05) is 79.7 Å². The van der Waals surface area contributed by atoms with E-state index in [4.69, 9.17) is 30.7 Å². The van der Waals surface area contributed by atoms with Crippen molar-refractivity contribution in [2.24, 2.45) is 15.7 Å². The topological polar surface area (TPSA) is 117 Å². The summed E-state index contributed by atoms with van der Waals surface area (Å²) in [6.45, 7) is 8.29. The van der Waals surface area contributed by atoms with Crippen molar-refractivity contribution in [3.05, 3.63) is 191 Å². The largest absolute Gasteiger partial charge is 0.399 e. The second kappa shape index (κ2) is 14.5. The highest BCUT2D eigenvalue weighted by Crippen LogP contribution is 2.33. The number of allylic oxidation sites excluding steroid dienone is 6. The van der Waals surface area contributed by atoms with Crippen LogP contribution >= 0.6 is 0 Å². The number of hydrogen-bond acceptors (Lipinski definition) is 7. The molecule has 0 saturated heterocycles. The van der Waals surface area contributed by atoms with Gasteiger partial charge in [0.15, 0.2) is 0 Å². The second-order valence-electron chi connectivity index (χ2n) is 11.9. The van der Waals surface area contributed by atoms with Crippen LogP contribution in [0, 0.1) is 0 Å². The van der Waals surface area contributed by atoms with E-state index < -0.39 is 0 Å². The molecule has 0 radical (unpaired) electrons. The molecule has 4 aromatic heterocycles. The highest BCUT2D eigenvalue weighted by Gasteiger charge is 2.31. The van der Waals surface area contributed by atoms with E-state index in [2.05, 4.69) is 66.3 Å². The summed E-state index contributed by atoms with van der Waals surface area (Å²) >= 11 is 0. The van der Waals surface area contributed by atoms with Gasteiger partial charge in [-0.05, 0) is 86.2 Å². The van der Waals surface area contributed by atoms with Crippen molar-refractivity contribution in [2.75, 3.05) is 0 Å². The summed E-state index contributed by atoms with van der Waals surface area (Å²) in [4.78, 5) is 28.2. The number of hydrogen-bond donors (Lipinski definition) is 3. The molecule has 8 heterocycles. The van der Waals surface area contributed by atoms with E-state index in [1.165, 1.54) is 0 Å². The van der Waals surface area contributed by atoms with E-state index in [9.17, 15) is 0 Å². The number of H-pyrrole nitrogens is 1. The Kier molecular flexibility index (Phi) is 9.35. The second-order valence-corrected chi connectivity index (χ2v) is 11.9. The van der Waals surface area contributed by atoms with Gasteiger partial charge in [-0.3, -0.25) is 20.3 Å². The molecule has 8 rings (SSSR count). The molecule has 246 valence electrons. The molecule has 0 saturated carbocycles. The molecule has 8 bridgehead atoms. The van der Waals surface area contributed by atoms with Gasteiger partial charge in [0, 0.05) is 46.6 Å². The Bertz CT molecular complexity index is 2300. The molecular weight excluding hydrogens is 617 g/mol. The van der Waals surface area contributed by atoms with Gasteiger partial charge in [0.2, 0.25) is 0 Å². The average Bonchev–Trinajstić information content (AvgIpc) is 3.98. The number of nitrogens with two attached hydrogens (primary N) is 1. The molecule has 8 nitrogen and oxygen atoms in total. The van der Waals surface area contributed by atoms with Crippen LogP contribution in [0.2, 0.25) is 0 Å². The van der Waals surface area contributed by atoms with E-state index >= 15 is 0 Å². The van der Waals surface area contributed by atoms with E-state index in [-0.39, 0.29) is 12.1 Å². The van der Waals surface area contributed by atoms with Crippen LogP contribution in [0.5, 0.6) is 0 Å². The summed E-state index contributed by atoms with van der Waals surface area (Å²) in [7, 11) is 0. The molecule has 4 N–H and O–H groups in total. The average molecular weight is 655 g/mol. The molecule has 0 aliphatic carbocycles. The van der Waals surface area contributed by atoms with Gasteiger partial charge in [0.05, 0.1) is 62.7 Å². The van der Waals surface area contributed by atoms with Crippen LogP contribution in [-0.2, 0) is 0 Å². The van der Waals surface area contributed by atoms with Gasteiger partial charge in [-0.15, -0.1) is 0 Å². The number of rotatable bonds is 5. The van der Waals surface area contributed by atoms with Crippen molar-refractivity contribution in [1.82, 2.24) is 25.3 Å². The van der Waals surface area contributed by atoms with E-state index in [0.717, 1.165) is 79.3 Å². The third-order valence-electron chi connectivity index (χ3n) is 8.65. The molecule has 50 heavy (non-hydrogen) atoms. The van der Waals surface area contributed by atoms with Crippen LogP contribution in [0.25, 0.3) is 16.7 Å².